The van der Waals surface area contributed by atoms with E-state index in [1.165, 1.54) is 41.8 Å². The van der Waals surface area contributed by atoms with Crippen LogP contribution in [0, 0.1) is 0 Å². The van der Waals surface area contributed by atoms with Crippen LogP contribution < -0.4 is 0 Å². The first-order valence-electron chi connectivity index (χ1n) is 7.83. The Morgan fingerprint density at radius 2 is 1.64 bits per heavy atom. The van der Waals surface area contributed by atoms with Crippen molar-refractivity contribution in [2.75, 3.05) is 26.2 Å². The second kappa shape index (κ2) is 6.81. The Hall–Kier alpha value is -2.45. The molecule has 1 saturated heterocycles. The van der Waals surface area contributed by atoms with Crippen molar-refractivity contribution in [3.63, 3.8) is 0 Å². The zero-order valence-electron chi connectivity index (χ0n) is 13.7. The molecule has 0 radical (unpaired) electrons. The maximum absolute atomic E-state index is 12.7. The molecule has 0 atom stereocenters. The van der Waals surface area contributed by atoms with Gasteiger partial charge in [-0.3, -0.25) is 9.59 Å². The molecule has 1 fully saturated rings. The van der Waals surface area contributed by atoms with Gasteiger partial charge in [0.25, 0.3) is 5.91 Å². The highest BCUT2D eigenvalue weighted by molar-refractivity contribution is 7.89. The Morgan fingerprint density at radius 3 is 2.16 bits per heavy atom. The van der Waals surface area contributed by atoms with Crippen molar-refractivity contribution < 1.29 is 22.4 Å². The number of carbonyl (C=O) groups is 2. The van der Waals surface area contributed by atoms with Crippen LogP contribution in [0.1, 0.15) is 27.8 Å². The third-order valence-electron chi connectivity index (χ3n) is 4.16. The lowest BCUT2D eigenvalue weighted by Gasteiger charge is -2.33. The first kappa shape index (κ1) is 17.4. The Kier molecular flexibility index (Phi) is 4.73. The number of furan rings is 1. The number of hydrogen-bond donors (Lipinski definition) is 0. The summed E-state index contributed by atoms with van der Waals surface area (Å²) in [7, 11) is -3.65. The lowest BCUT2D eigenvalue weighted by atomic mass is 10.2. The first-order valence-corrected chi connectivity index (χ1v) is 9.27. The number of ketones is 1. The minimum Gasteiger partial charge on any atom is -0.459 e. The van der Waals surface area contributed by atoms with Gasteiger partial charge in [0, 0.05) is 31.7 Å². The van der Waals surface area contributed by atoms with E-state index < -0.39 is 10.0 Å². The molecule has 8 heteroatoms. The monoisotopic (exact) mass is 362 g/mol. The summed E-state index contributed by atoms with van der Waals surface area (Å²) in [6, 6.07) is 9.11. The van der Waals surface area contributed by atoms with E-state index >= 15 is 0 Å². The molecule has 2 aromatic rings. The maximum atomic E-state index is 12.7. The van der Waals surface area contributed by atoms with Crippen LogP contribution in [0.25, 0.3) is 0 Å². The lowest BCUT2D eigenvalue weighted by molar-refractivity contribution is 0.0666. The van der Waals surface area contributed by atoms with Crippen LogP contribution in [-0.4, -0.2) is 55.5 Å². The maximum Gasteiger partial charge on any atom is 0.289 e. The van der Waals surface area contributed by atoms with Crippen LogP contribution in [0.5, 0.6) is 0 Å². The number of sulfonamides is 1. The summed E-state index contributed by atoms with van der Waals surface area (Å²) in [5, 5.41) is 0. The van der Waals surface area contributed by atoms with Gasteiger partial charge in [-0.05, 0) is 31.2 Å². The van der Waals surface area contributed by atoms with Gasteiger partial charge in [0.05, 0.1) is 11.2 Å². The summed E-state index contributed by atoms with van der Waals surface area (Å²) < 4.78 is 31.8. The quantitative estimate of drug-likeness (QED) is 0.772. The Bertz CT molecular complexity index is 864. The molecule has 0 N–H and O–H groups in total. The molecule has 0 aliphatic carbocycles. The van der Waals surface area contributed by atoms with Crippen LogP contribution in [0.15, 0.2) is 52.0 Å². The molecule has 25 heavy (non-hydrogen) atoms. The molecule has 1 aliphatic rings. The standard InChI is InChI=1S/C17H18N2O5S/c1-13(20)14-4-6-15(7-5-14)25(22,23)19-10-8-18(9-11-19)17(21)16-3-2-12-24-16/h2-7,12H,8-11H2,1H3. The fourth-order valence-corrected chi connectivity index (χ4v) is 4.12. The minimum atomic E-state index is -3.65. The normalized spacial score (nSPS) is 16.0. The highest BCUT2D eigenvalue weighted by Gasteiger charge is 2.31. The average Bonchev–Trinajstić information content (AvgIpc) is 3.16. The molecule has 0 bridgehead atoms. The van der Waals surface area contributed by atoms with Crippen molar-refractivity contribution >= 4 is 21.7 Å². The Labute approximate surface area is 145 Å². The number of benzene rings is 1. The Balaban J connectivity index is 1.69. The van der Waals surface area contributed by atoms with Crippen LogP contribution >= 0.6 is 0 Å². The fourth-order valence-electron chi connectivity index (χ4n) is 2.70. The summed E-state index contributed by atoms with van der Waals surface area (Å²) in [4.78, 5) is 25.2. The van der Waals surface area contributed by atoms with Crippen molar-refractivity contribution in [3.05, 3.63) is 54.0 Å². The molecule has 1 aliphatic heterocycles. The van der Waals surface area contributed by atoms with Crippen molar-refractivity contribution in [1.29, 1.82) is 0 Å². The number of nitrogens with zero attached hydrogens (tertiary/aromatic N) is 2. The highest BCUT2D eigenvalue weighted by atomic mass is 32.2. The molecule has 3 rings (SSSR count). The third-order valence-corrected chi connectivity index (χ3v) is 6.07. The largest absolute Gasteiger partial charge is 0.459 e. The van der Waals surface area contributed by atoms with Crippen LogP contribution in [0.2, 0.25) is 0 Å². The molecule has 2 heterocycles. The molecule has 7 nitrogen and oxygen atoms in total. The number of carbonyl (C=O) groups excluding carboxylic acids is 2. The molecular formula is C17H18N2O5S. The summed E-state index contributed by atoms with van der Waals surface area (Å²) in [5.41, 5.74) is 0.466. The molecule has 1 aromatic heterocycles. The van der Waals surface area contributed by atoms with Gasteiger partial charge >= 0.3 is 0 Å². The van der Waals surface area contributed by atoms with E-state index in [-0.39, 0.29) is 35.4 Å². The number of amides is 1. The zero-order chi connectivity index (χ0) is 18.0. The summed E-state index contributed by atoms with van der Waals surface area (Å²) >= 11 is 0. The van der Waals surface area contributed by atoms with Gasteiger partial charge in [-0.1, -0.05) is 12.1 Å². The topological polar surface area (TPSA) is 87.9 Å². The van der Waals surface area contributed by atoms with E-state index in [0.717, 1.165) is 0 Å². The van der Waals surface area contributed by atoms with E-state index in [1.54, 1.807) is 17.0 Å². The second-order valence-corrected chi connectivity index (χ2v) is 7.69. The predicted molar refractivity (Wildman–Crippen MR) is 89.8 cm³/mol. The fraction of sp³-hybridized carbons (Fsp3) is 0.294. The van der Waals surface area contributed by atoms with Crippen LogP contribution in [0.4, 0.5) is 0 Å². The minimum absolute atomic E-state index is 0.117. The second-order valence-electron chi connectivity index (χ2n) is 5.75. The SMILES string of the molecule is CC(=O)c1ccc(S(=O)(=O)N2CCN(C(=O)c3ccco3)CC2)cc1. The lowest BCUT2D eigenvalue weighted by Crippen LogP contribution is -2.50. The van der Waals surface area contributed by atoms with Gasteiger partial charge in [-0.15, -0.1) is 0 Å². The van der Waals surface area contributed by atoms with Gasteiger partial charge < -0.3 is 9.32 Å². The van der Waals surface area contributed by atoms with Gasteiger partial charge in [0.15, 0.2) is 11.5 Å². The van der Waals surface area contributed by atoms with Crippen molar-refractivity contribution in [1.82, 2.24) is 9.21 Å². The average molecular weight is 362 g/mol. The zero-order valence-corrected chi connectivity index (χ0v) is 14.5. The summed E-state index contributed by atoms with van der Waals surface area (Å²) in [6.45, 7) is 2.44. The van der Waals surface area contributed by atoms with Crippen LogP contribution in [0.3, 0.4) is 0 Å². The predicted octanol–water partition coefficient (Wildman–Crippen LogP) is 1.63. The third kappa shape index (κ3) is 3.49. The number of Topliss-reactive ketones (excluding diaryl/α,β-unsaturated/α-hetero) is 1. The molecule has 1 amide bonds. The molecule has 132 valence electrons. The van der Waals surface area contributed by atoms with Crippen molar-refractivity contribution in [3.8, 4) is 0 Å². The molecule has 0 spiro atoms. The van der Waals surface area contributed by atoms with Crippen LogP contribution in [-0.2, 0) is 10.0 Å². The van der Waals surface area contributed by atoms with E-state index in [9.17, 15) is 18.0 Å². The van der Waals surface area contributed by atoms with Gasteiger partial charge in [-0.25, -0.2) is 8.42 Å². The molecular weight excluding hydrogens is 344 g/mol. The summed E-state index contributed by atoms with van der Waals surface area (Å²) in [6.07, 6.45) is 1.43. The van der Waals surface area contributed by atoms with E-state index in [0.29, 0.717) is 18.7 Å². The van der Waals surface area contributed by atoms with Gasteiger partial charge in [0.2, 0.25) is 10.0 Å². The van der Waals surface area contributed by atoms with E-state index in [2.05, 4.69) is 0 Å². The molecule has 0 unspecified atom stereocenters. The number of rotatable bonds is 4. The summed E-state index contributed by atoms with van der Waals surface area (Å²) in [5.74, 6) is -0.113. The number of piperazine rings is 1. The number of hydrogen-bond acceptors (Lipinski definition) is 5. The Morgan fingerprint density at radius 1 is 1.00 bits per heavy atom. The van der Waals surface area contributed by atoms with Gasteiger partial charge in [0.1, 0.15) is 0 Å². The van der Waals surface area contributed by atoms with E-state index in [1.807, 2.05) is 0 Å². The first-order chi connectivity index (χ1) is 11.9. The smallest absolute Gasteiger partial charge is 0.289 e. The van der Waals surface area contributed by atoms with Gasteiger partial charge in [-0.2, -0.15) is 4.31 Å². The van der Waals surface area contributed by atoms with E-state index in [4.69, 9.17) is 4.42 Å². The molecule has 0 saturated carbocycles. The van der Waals surface area contributed by atoms with Crippen molar-refractivity contribution in [2.24, 2.45) is 0 Å². The van der Waals surface area contributed by atoms with Crippen molar-refractivity contribution in [2.45, 2.75) is 11.8 Å². The molecule has 1 aromatic carbocycles. The highest BCUT2D eigenvalue weighted by Crippen LogP contribution is 2.19.